The molecule has 0 bridgehead atoms. The normalized spacial score (nSPS) is 20.2. The summed E-state index contributed by atoms with van der Waals surface area (Å²) in [5.74, 6) is -2.48. The fraction of sp³-hybridized carbons (Fsp3) is 0.471. The molecular formula is C17H20F3N3O3. The first-order valence-electron chi connectivity index (χ1n) is 8.27. The molecule has 0 aromatic heterocycles. The number of urea groups is 1. The van der Waals surface area contributed by atoms with E-state index < -0.39 is 29.7 Å². The van der Waals surface area contributed by atoms with Crippen molar-refractivity contribution in [2.75, 3.05) is 6.54 Å². The first-order valence-corrected chi connectivity index (χ1v) is 8.27. The number of nitrogens with one attached hydrogen (secondary N) is 2. The van der Waals surface area contributed by atoms with E-state index in [1.54, 1.807) is 47.9 Å². The molecule has 6 nitrogen and oxygen atoms in total. The first kappa shape index (κ1) is 19.7. The van der Waals surface area contributed by atoms with Gasteiger partial charge in [0.2, 0.25) is 5.91 Å². The van der Waals surface area contributed by atoms with Crippen molar-refractivity contribution in [3.05, 3.63) is 35.9 Å². The van der Waals surface area contributed by atoms with Gasteiger partial charge in [0.05, 0.1) is 0 Å². The quantitative estimate of drug-likeness (QED) is 0.722. The van der Waals surface area contributed by atoms with Gasteiger partial charge in [-0.05, 0) is 18.4 Å². The minimum Gasteiger partial charge on any atom is -0.318 e. The number of benzene rings is 1. The minimum atomic E-state index is -5.16. The number of imide groups is 1. The Bertz CT molecular complexity index is 679. The first-order chi connectivity index (χ1) is 12.2. The maximum absolute atomic E-state index is 13.6. The Morgan fingerprint density at radius 1 is 1.23 bits per heavy atom. The molecule has 0 saturated carbocycles. The van der Waals surface area contributed by atoms with Crippen LogP contribution in [-0.4, -0.2) is 41.1 Å². The lowest BCUT2D eigenvalue weighted by Gasteiger charge is -2.29. The van der Waals surface area contributed by atoms with Gasteiger partial charge in [-0.15, -0.1) is 0 Å². The number of aryl methyl sites for hydroxylation is 1. The molecule has 1 aromatic carbocycles. The summed E-state index contributed by atoms with van der Waals surface area (Å²) in [5.41, 5.74) is -2.64. The van der Waals surface area contributed by atoms with Crippen molar-refractivity contribution in [1.29, 1.82) is 0 Å². The van der Waals surface area contributed by atoms with Crippen LogP contribution < -0.4 is 10.6 Å². The van der Waals surface area contributed by atoms with Crippen LogP contribution >= 0.6 is 0 Å². The second kappa shape index (κ2) is 7.76. The third kappa shape index (κ3) is 3.97. The van der Waals surface area contributed by atoms with Crippen molar-refractivity contribution in [1.82, 2.24) is 15.5 Å². The van der Waals surface area contributed by atoms with E-state index in [-0.39, 0.29) is 19.4 Å². The van der Waals surface area contributed by atoms with Crippen LogP contribution in [0.5, 0.6) is 0 Å². The number of unbranched alkanes of at least 4 members (excludes halogenated alkanes) is 1. The number of carbonyl (C=O) groups is 3. The van der Waals surface area contributed by atoms with Crippen molar-refractivity contribution in [3.8, 4) is 0 Å². The van der Waals surface area contributed by atoms with Crippen molar-refractivity contribution >= 4 is 17.8 Å². The number of rotatable bonds is 7. The van der Waals surface area contributed by atoms with E-state index >= 15 is 0 Å². The van der Waals surface area contributed by atoms with Gasteiger partial charge >= 0.3 is 12.2 Å². The van der Waals surface area contributed by atoms with Crippen LogP contribution in [0, 0.1) is 0 Å². The highest BCUT2D eigenvalue weighted by Crippen LogP contribution is 2.34. The Morgan fingerprint density at radius 3 is 2.46 bits per heavy atom. The van der Waals surface area contributed by atoms with Crippen molar-refractivity contribution in [3.63, 3.8) is 0 Å². The van der Waals surface area contributed by atoms with Crippen molar-refractivity contribution in [2.24, 2.45) is 0 Å². The highest BCUT2D eigenvalue weighted by molar-refractivity contribution is 6.08. The fourth-order valence-electron chi connectivity index (χ4n) is 2.62. The molecule has 0 unspecified atom stereocenters. The summed E-state index contributed by atoms with van der Waals surface area (Å²) in [6, 6.07) is 7.58. The Balaban J connectivity index is 2.13. The van der Waals surface area contributed by atoms with E-state index in [1.807, 2.05) is 0 Å². The van der Waals surface area contributed by atoms with Gasteiger partial charge in [-0.2, -0.15) is 13.2 Å². The van der Waals surface area contributed by atoms with Crippen molar-refractivity contribution in [2.45, 2.75) is 44.4 Å². The van der Waals surface area contributed by atoms with E-state index in [4.69, 9.17) is 0 Å². The third-order valence-corrected chi connectivity index (χ3v) is 4.08. The number of hydrogen-bond acceptors (Lipinski definition) is 3. The van der Waals surface area contributed by atoms with Crippen LogP contribution in [0.3, 0.4) is 0 Å². The summed E-state index contributed by atoms with van der Waals surface area (Å²) in [7, 11) is 0. The maximum Gasteiger partial charge on any atom is 0.440 e. The molecule has 1 atom stereocenters. The van der Waals surface area contributed by atoms with E-state index in [0.29, 0.717) is 17.7 Å². The Kier molecular flexibility index (Phi) is 5.89. The van der Waals surface area contributed by atoms with Crippen LogP contribution in [0.2, 0.25) is 0 Å². The molecule has 2 rings (SSSR count). The molecular weight excluding hydrogens is 351 g/mol. The van der Waals surface area contributed by atoms with Gasteiger partial charge < -0.3 is 5.32 Å². The summed E-state index contributed by atoms with van der Waals surface area (Å²) >= 11 is 0. The molecule has 26 heavy (non-hydrogen) atoms. The average molecular weight is 371 g/mol. The monoisotopic (exact) mass is 371 g/mol. The van der Waals surface area contributed by atoms with Crippen LogP contribution in [0.4, 0.5) is 18.0 Å². The third-order valence-electron chi connectivity index (χ3n) is 4.08. The SMILES string of the molecule is CCCCN1C(=O)N[C@@](NC(=O)CCc2ccccc2)(C(F)(F)F)C1=O. The van der Waals surface area contributed by atoms with Gasteiger partial charge in [0.25, 0.3) is 11.6 Å². The van der Waals surface area contributed by atoms with E-state index in [1.165, 1.54) is 0 Å². The maximum atomic E-state index is 13.6. The summed E-state index contributed by atoms with van der Waals surface area (Å²) in [4.78, 5) is 36.7. The molecule has 9 heteroatoms. The lowest BCUT2D eigenvalue weighted by Crippen LogP contribution is -2.69. The summed E-state index contributed by atoms with van der Waals surface area (Å²) in [6.07, 6.45) is -4.24. The second-order valence-corrected chi connectivity index (χ2v) is 6.02. The molecule has 1 aromatic rings. The minimum absolute atomic E-state index is 0.140. The zero-order valence-electron chi connectivity index (χ0n) is 14.2. The Hall–Kier alpha value is -2.58. The van der Waals surface area contributed by atoms with Crippen molar-refractivity contribution < 1.29 is 27.6 Å². The Labute approximate surface area is 148 Å². The van der Waals surface area contributed by atoms with Gasteiger partial charge in [0.1, 0.15) is 0 Å². The van der Waals surface area contributed by atoms with Gasteiger partial charge in [0, 0.05) is 13.0 Å². The van der Waals surface area contributed by atoms with Gasteiger partial charge in [-0.25, -0.2) is 4.79 Å². The highest BCUT2D eigenvalue weighted by Gasteiger charge is 2.68. The molecule has 4 amide bonds. The molecule has 0 radical (unpaired) electrons. The van der Waals surface area contributed by atoms with E-state index in [0.717, 1.165) is 5.56 Å². The van der Waals surface area contributed by atoms with Crippen LogP contribution in [-0.2, 0) is 16.0 Å². The second-order valence-electron chi connectivity index (χ2n) is 6.02. The van der Waals surface area contributed by atoms with Gasteiger partial charge in [0.15, 0.2) is 0 Å². The van der Waals surface area contributed by atoms with Crippen LogP contribution in [0.15, 0.2) is 30.3 Å². The number of hydrogen-bond donors (Lipinski definition) is 2. The standard InChI is InChI=1S/C17H20F3N3O3/c1-2-3-11-23-14(25)16(17(18,19)20,22-15(23)26)21-13(24)10-9-12-7-5-4-6-8-12/h4-8H,2-3,9-11H2,1H3,(H,21,24)(H,22,26)/t16-/m1/s1. The van der Waals surface area contributed by atoms with Gasteiger partial charge in [-0.3, -0.25) is 19.8 Å². The number of nitrogens with zero attached hydrogens (tertiary/aromatic N) is 1. The zero-order chi connectivity index (χ0) is 19.4. The molecule has 142 valence electrons. The zero-order valence-corrected chi connectivity index (χ0v) is 14.2. The average Bonchev–Trinajstić information content (AvgIpc) is 2.83. The molecule has 1 fully saturated rings. The fourth-order valence-corrected chi connectivity index (χ4v) is 2.62. The lowest BCUT2D eigenvalue weighted by molar-refractivity contribution is -0.204. The number of halogens is 3. The summed E-state index contributed by atoms with van der Waals surface area (Å²) in [6.45, 7) is 1.64. The predicted octanol–water partition coefficient (Wildman–Crippen LogP) is 2.35. The molecule has 1 heterocycles. The summed E-state index contributed by atoms with van der Waals surface area (Å²) < 4.78 is 40.7. The van der Waals surface area contributed by atoms with Gasteiger partial charge in [-0.1, -0.05) is 43.7 Å². The molecule has 1 aliphatic rings. The van der Waals surface area contributed by atoms with E-state index in [9.17, 15) is 27.6 Å². The molecule has 0 aliphatic carbocycles. The van der Waals surface area contributed by atoms with Crippen LogP contribution in [0.25, 0.3) is 0 Å². The largest absolute Gasteiger partial charge is 0.440 e. The highest BCUT2D eigenvalue weighted by atomic mass is 19.4. The lowest BCUT2D eigenvalue weighted by atomic mass is 10.1. The molecule has 2 N–H and O–H groups in total. The number of alkyl halides is 3. The number of carbonyl (C=O) groups excluding carboxylic acids is 3. The Morgan fingerprint density at radius 2 is 1.88 bits per heavy atom. The predicted molar refractivity (Wildman–Crippen MR) is 86.8 cm³/mol. The topological polar surface area (TPSA) is 78.5 Å². The summed E-state index contributed by atoms with van der Waals surface area (Å²) in [5, 5.41) is 3.33. The molecule has 1 saturated heterocycles. The smallest absolute Gasteiger partial charge is 0.318 e. The molecule has 0 spiro atoms. The number of amides is 4. The van der Waals surface area contributed by atoms with Crippen LogP contribution in [0.1, 0.15) is 31.7 Å². The molecule has 1 aliphatic heterocycles. The van der Waals surface area contributed by atoms with E-state index in [2.05, 4.69) is 0 Å².